The van der Waals surface area contributed by atoms with Crippen LogP contribution in [0.15, 0.2) is 0 Å². The molecular formula is C15H26N2O4. The van der Waals surface area contributed by atoms with Gasteiger partial charge in [0.05, 0.1) is 19.1 Å². The molecule has 0 saturated carbocycles. The molecule has 0 radical (unpaired) electrons. The molecule has 0 bridgehead atoms. The van der Waals surface area contributed by atoms with Crippen LogP contribution in [0.3, 0.4) is 0 Å². The van der Waals surface area contributed by atoms with Gasteiger partial charge in [-0.2, -0.15) is 0 Å². The van der Waals surface area contributed by atoms with E-state index in [9.17, 15) is 14.7 Å². The third-order valence-corrected chi connectivity index (χ3v) is 4.38. The van der Waals surface area contributed by atoms with Crippen molar-refractivity contribution >= 4 is 11.9 Å². The molecule has 21 heavy (non-hydrogen) atoms. The van der Waals surface area contributed by atoms with E-state index in [1.807, 2.05) is 0 Å². The summed E-state index contributed by atoms with van der Waals surface area (Å²) in [6.45, 7) is 4.40. The van der Waals surface area contributed by atoms with Gasteiger partial charge in [-0.1, -0.05) is 19.8 Å². The Bertz CT molecular complexity index is 375. The van der Waals surface area contributed by atoms with E-state index in [0.717, 1.165) is 32.2 Å². The Balaban J connectivity index is 2.06. The van der Waals surface area contributed by atoms with Crippen molar-refractivity contribution < 1.29 is 19.4 Å². The summed E-state index contributed by atoms with van der Waals surface area (Å²) >= 11 is 0. The van der Waals surface area contributed by atoms with E-state index in [0.29, 0.717) is 26.2 Å². The SMILES string of the molecule is CCCNC1COCC1C(=O)N1CCCCCC1C(=O)O. The van der Waals surface area contributed by atoms with E-state index < -0.39 is 12.0 Å². The fourth-order valence-corrected chi connectivity index (χ4v) is 3.17. The van der Waals surface area contributed by atoms with Gasteiger partial charge in [-0.05, 0) is 25.8 Å². The second-order valence-corrected chi connectivity index (χ2v) is 5.94. The maximum atomic E-state index is 12.8. The van der Waals surface area contributed by atoms with E-state index >= 15 is 0 Å². The zero-order chi connectivity index (χ0) is 15.2. The lowest BCUT2D eigenvalue weighted by Gasteiger charge is -2.31. The van der Waals surface area contributed by atoms with Gasteiger partial charge >= 0.3 is 5.97 Å². The van der Waals surface area contributed by atoms with Gasteiger partial charge in [-0.25, -0.2) is 4.79 Å². The molecule has 2 heterocycles. The summed E-state index contributed by atoms with van der Waals surface area (Å²) < 4.78 is 5.45. The van der Waals surface area contributed by atoms with E-state index in [2.05, 4.69) is 12.2 Å². The molecule has 3 unspecified atom stereocenters. The molecule has 1 amide bonds. The number of carboxylic acids is 1. The van der Waals surface area contributed by atoms with Crippen molar-refractivity contribution in [1.82, 2.24) is 10.2 Å². The molecule has 0 aliphatic carbocycles. The Labute approximate surface area is 125 Å². The van der Waals surface area contributed by atoms with E-state index in [1.165, 1.54) is 0 Å². The number of hydrogen-bond acceptors (Lipinski definition) is 4. The van der Waals surface area contributed by atoms with E-state index in [1.54, 1.807) is 4.90 Å². The van der Waals surface area contributed by atoms with Gasteiger partial charge in [0.1, 0.15) is 6.04 Å². The summed E-state index contributed by atoms with van der Waals surface area (Å²) in [6.07, 6.45) is 4.31. The molecule has 120 valence electrons. The largest absolute Gasteiger partial charge is 0.480 e. The number of hydrogen-bond donors (Lipinski definition) is 2. The van der Waals surface area contributed by atoms with Crippen LogP contribution in [0.2, 0.25) is 0 Å². The summed E-state index contributed by atoms with van der Waals surface area (Å²) in [5.41, 5.74) is 0. The first-order valence-corrected chi connectivity index (χ1v) is 7.99. The van der Waals surface area contributed by atoms with Crippen molar-refractivity contribution in [2.45, 2.75) is 51.1 Å². The molecule has 0 spiro atoms. The first-order chi connectivity index (χ1) is 10.1. The molecule has 6 nitrogen and oxygen atoms in total. The first kappa shape index (κ1) is 16.2. The number of carbonyl (C=O) groups is 2. The van der Waals surface area contributed by atoms with Gasteiger partial charge < -0.3 is 20.1 Å². The summed E-state index contributed by atoms with van der Waals surface area (Å²) in [7, 11) is 0. The van der Waals surface area contributed by atoms with Crippen LogP contribution in [0.5, 0.6) is 0 Å². The van der Waals surface area contributed by atoms with Crippen molar-refractivity contribution in [3.63, 3.8) is 0 Å². The Morgan fingerprint density at radius 3 is 2.81 bits per heavy atom. The maximum absolute atomic E-state index is 12.8. The Hall–Kier alpha value is -1.14. The zero-order valence-electron chi connectivity index (χ0n) is 12.7. The lowest BCUT2D eigenvalue weighted by Crippen LogP contribution is -2.51. The molecule has 3 atom stereocenters. The van der Waals surface area contributed by atoms with Crippen LogP contribution >= 0.6 is 0 Å². The minimum Gasteiger partial charge on any atom is -0.480 e. The van der Waals surface area contributed by atoms with Gasteiger partial charge in [0.2, 0.25) is 5.91 Å². The van der Waals surface area contributed by atoms with Crippen LogP contribution in [-0.2, 0) is 14.3 Å². The number of ether oxygens (including phenoxy) is 1. The molecule has 0 aromatic carbocycles. The maximum Gasteiger partial charge on any atom is 0.326 e. The normalized spacial score (nSPS) is 30.1. The molecule has 0 aromatic rings. The number of carboxylic acid groups (broad SMARTS) is 1. The monoisotopic (exact) mass is 298 g/mol. The second-order valence-electron chi connectivity index (χ2n) is 5.94. The van der Waals surface area contributed by atoms with Gasteiger partial charge in [-0.3, -0.25) is 4.79 Å². The van der Waals surface area contributed by atoms with Crippen molar-refractivity contribution in [3.05, 3.63) is 0 Å². The smallest absolute Gasteiger partial charge is 0.326 e. The van der Waals surface area contributed by atoms with Crippen LogP contribution in [0, 0.1) is 5.92 Å². The minimum absolute atomic E-state index is 0.00940. The van der Waals surface area contributed by atoms with Crippen molar-refractivity contribution in [2.75, 3.05) is 26.3 Å². The minimum atomic E-state index is -0.887. The molecule has 6 heteroatoms. The predicted molar refractivity (Wildman–Crippen MR) is 78.0 cm³/mol. The third-order valence-electron chi connectivity index (χ3n) is 4.38. The molecular weight excluding hydrogens is 272 g/mol. The number of rotatable bonds is 5. The van der Waals surface area contributed by atoms with E-state index in [-0.39, 0.29) is 17.9 Å². The number of nitrogens with one attached hydrogen (secondary N) is 1. The molecule has 2 rings (SSSR count). The highest BCUT2D eigenvalue weighted by Crippen LogP contribution is 2.23. The predicted octanol–water partition coefficient (Wildman–Crippen LogP) is 0.857. The summed E-state index contributed by atoms with van der Waals surface area (Å²) in [5, 5.41) is 12.7. The fraction of sp³-hybridized carbons (Fsp3) is 0.867. The Morgan fingerprint density at radius 1 is 1.29 bits per heavy atom. The van der Waals surface area contributed by atoms with Crippen molar-refractivity contribution in [1.29, 1.82) is 0 Å². The topological polar surface area (TPSA) is 78.9 Å². The lowest BCUT2D eigenvalue weighted by molar-refractivity contribution is -0.152. The highest BCUT2D eigenvalue weighted by atomic mass is 16.5. The van der Waals surface area contributed by atoms with Crippen LogP contribution in [0.1, 0.15) is 39.0 Å². The van der Waals surface area contributed by atoms with E-state index in [4.69, 9.17) is 4.74 Å². The fourth-order valence-electron chi connectivity index (χ4n) is 3.17. The summed E-state index contributed by atoms with van der Waals surface area (Å²) in [4.78, 5) is 25.8. The number of nitrogens with zero attached hydrogens (tertiary/aromatic N) is 1. The molecule has 2 aliphatic heterocycles. The average Bonchev–Trinajstić information content (AvgIpc) is 2.78. The molecule has 2 aliphatic rings. The summed E-state index contributed by atoms with van der Waals surface area (Å²) in [5.74, 6) is -1.20. The van der Waals surface area contributed by atoms with Crippen LogP contribution in [0.25, 0.3) is 0 Å². The molecule has 2 saturated heterocycles. The molecule has 2 N–H and O–H groups in total. The highest BCUT2D eigenvalue weighted by molar-refractivity contribution is 5.86. The van der Waals surface area contributed by atoms with Gasteiger partial charge in [0, 0.05) is 12.6 Å². The standard InChI is InChI=1S/C15H26N2O4/c1-2-7-16-12-10-21-9-11(12)14(18)17-8-5-3-4-6-13(17)15(19)20/h11-13,16H,2-10H2,1H3,(H,19,20). The average molecular weight is 298 g/mol. The number of aliphatic carboxylic acids is 1. The Kier molecular flexibility index (Phi) is 5.99. The first-order valence-electron chi connectivity index (χ1n) is 7.99. The van der Waals surface area contributed by atoms with Crippen molar-refractivity contribution in [2.24, 2.45) is 5.92 Å². The van der Waals surface area contributed by atoms with Crippen molar-refractivity contribution in [3.8, 4) is 0 Å². The number of amides is 1. The molecule has 0 aromatic heterocycles. The van der Waals surface area contributed by atoms with Gasteiger partial charge in [0.25, 0.3) is 0 Å². The zero-order valence-corrected chi connectivity index (χ0v) is 12.7. The third kappa shape index (κ3) is 3.95. The lowest BCUT2D eigenvalue weighted by atomic mass is 10.00. The Morgan fingerprint density at radius 2 is 2.10 bits per heavy atom. The summed E-state index contributed by atoms with van der Waals surface area (Å²) in [6, 6.07) is -0.664. The number of likely N-dealkylation sites (tertiary alicyclic amines) is 1. The van der Waals surface area contributed by atoms with Gasteiger partial charge in [0.15, 0.2) is 0 Å². The van der Waals surface area contributed by atoms with Crippen LogP contribution < -0.4 is 5.32 Å². The highest BCUT2D eigenvalue weighted by Gasteiger charge is 2.40. The molecule has 2 fully saturated rings. The van der Waals surface area contributed by atoms with Crippen LogP contribution in [0.4, 0.5) is 0 Å². The second kappa shape index (κ2) is 7.75. The quantitative estimate of drug-likeness (QED) is 0.787. The number of carbonyl (C=O) groups excluding carboxylic acids is 1. The van der Waals surface area contributed by atoms with Gasteiger partial charge in [-0.15, -0.1) is 0 Å². The van der Waals surface area contributed by atoms with Crippen LogP contribution in [-0.4, -0.2) is 60.3 Å².